The molecular formula is C17H25ClN4O2S. The number of nitrogens with zero attached hydrogens (tertiary/aromatic N) is 3. The number of nitrogens with one attached hydrogen (secondary N) is 1. The quantitative estimate of drug-likeness (QED) is 0.585. The molecule has 0 amide bonds. The summed E-state index contributed by atoms with van der Waals surface area (Å²) in [4.78, 5) is 0. The molecule has 1 aliphatic rings. The predicted molar refractivity (Wildman–Crippen MR) is 102 cm³/mol. The van der Waals surface area contributed by atoms with Crippen molar-refractivity contribution in [1.29, 1.82) is 0 Å². The first-order valence-electron chi connectivity index (χ1n) is 8.27. The van der Waals surface area contributed by atoms with Gasteiger partial charge in [-0.25, -0.2) is 0 Å². The van der Waals surface area contributed by atoms with Gasteiger partial charge in [0.05, 0.1) is 13.7 Å². The van der Waals surface area contributed by atoms with Crippen LogP contribution in [0.1, 0.15) is 24.6 Å². The number of hydrogen-bond donors (Lipinski definition) is 1. The molecule has 138 valence electrons. The van der Waals surface area contributed by atoms with Crippen LogP contribution in [0.15, 0.2) is 29.4 Å². The lowest BCUT2D eigenvalue weighted by Crippen LogP contribution is -2.27. The molecule has 2 heterocycles. The van der Waals surface area contributed by atoms with Crippen LogP contribution >= 0.6 is 24.2 Å². The van der Waals surface area contributed by atoms with Gasteiger partial charge in [0.15, 0.2) is 5.16 Å². The van der Waals surface area contributed by atoms with Crippen LogP contribution in [0.2, 0.25) is 0 Å². The topological polar surface area (TPSA) is 61.2 Å². The van der Waals surface area contributed by atoms with E-state index < -0.39 is 0 Å². The molecule has 6 nitrogen and oxygen atoms in total. The van der Waals surface area contributed by atoms with Gasteiger partial charge in [0.1, 0.15) is 17.3 Å². The maximum absolute atomic E-state index is 5.75. The third kappa shape index (κ3) is 5.26. The smallest absolute Gasteiger partial charge is 0.191 e. The van der Waals surface area contributed by atoms with Crippen molar-refractivity contribution >= 4 is 24.2 Å². The fourth-order valence-electron chi connectivity index (χ4n) is 2.85. The van der Waals surface area contributed by atoms with Gasteiger partial charge in [-0.1, -0.05) is 11.8 Å². The molecule has 0 radical (unpaired) electrons. The molecule has 1 saturated heterocycles. The normalized spacial score (nSPS) is 14.8. The zero-order valence-corrected chi connectivity index (χ0v) is 16.2. The highest BCUT2D eigenvalue weighted by Gasteiger charge is 2.21. The van der Waals surface area contributed by atoms with Crippen molar-refractivity contribution in [2.75, 3.05) is 32.6 Å². The summed E-state index contributed by atoms with van der Waals surface area (Å²) in [7, 11) is 3.72. The van der Waals surface area contributed by atoms with E-state index in [-0.39, 0.29) is 12.4 Å². The van der Waals surface area contributed by atoms with Crippen LogP contribution in [0.4, 0.5) is 0 Å². The SMILES string of the molecule is COc1ccc(OCCSc2nnc(C3CCNCC3)n2C)cc1.Cl. The Kier molecular flexibility index (Phi) is 7.87. The van der Waals surface area contributed by atoms with E-state index in [0.717, 1.165) is 54.2 Å². The molecule has 0 bridgehead atoms. The highest BCUT2D eigenvalue weighted by Crippen LogP contribution is 2.26. The number of rotatable bonds is 7. The Morgan fingerprint density at radius 1 is 1.16 bits per heavy atom. The molecule has 2 aromatic rings. The minimum absolute atomic E-state index is 0. The number of aromatic nitrogens is 3. The molecule has 0 unspecified atom stereocenters. The number of halogens is 1. The maximum atomic E-state index is 5.75. The van der Waals surface area contributed by atoms with E-state index in [1.54, 1.807) is 18.9 Å². The number of methoxy groups -OCH3 is 1. The molecule has 0 atom stereocenters. The molecule has 0 spiro atoms. The van der Waals surface area contributed by atoms with Crippen LogP contribution in [0, 0.1) is 0 Å². The van der Waals surface area contributed by atoms with Crippen LogP contribution in [0.5, 0.6) is 11.5 Å². The maximum Gasteiger partial charge on any atom is 0.191 e. The fourth-order valence-corrected chi connectivity index (χ4v) is 3.59. The molecule has 1 aliphatic heterocycles. The number of ether oxygens (including phenoxy) is 2. The molecule has 3 rings (SSSR count). The van der Waals surface area contributed by atoms with Crippen molar-refractivity contribution in [3.63, 3.8) is 0 Å². The standard InChI is InChI=1S/C17H24N4O2S.ClH/c1-21-16(13-7-9-18-10-8-13)19-20-17(21)24-12-11-23-15-5-3-14(22-2)4-6-15;/h3-6,13,18H,7-12H2,1-2H3;1H. The molecule has 1 fully saturated rings. The summed E-state index contributed by atoms with van der Waals surface area (Å²) >= 11 is 1.68. The van der Waals surface area contributed by atoms with Gasteiger partial charge in [0.2, 0.25) is 0 Å². The molecular weight excluding hydrogens is 360 g/mol. The summed E-state index contributed by atoms with van der Waals surface area (Å²) in [6, 6.07) is 7.63. The molecule has 0 saturated carbocycles. The Morgan fingerprint density at radius 2 is 1.84 bits per heavy atom. The van der Waals surface area contributed by atoms with Gasteiger partial charge in [0, 0.05) is 18.7 Å². The third-order valence-electron chi connectivity index (χ3n) is 4.22. The summed E-state index contributed by atoms with van der Waals surface area (Å²) in [6.45, 7) is 2.76. The monoisotopic (exact) mass is 384 g/mol. The summed E-state index contributed by atoms with van der Waals surface area (Å²) in [5, 5.41) is 13.1. The van der Waals surface area contributed by atoms with Crippen molar-refractivity contribution in [3.8, 4) is 11.5 Å². The van der Waals surface area contributed by atoms with E-state index in [2.05, 4.69) is 27.1 Å². The van der Waals surface area contributed by atoms with Crippen molar-refractivity contribution in [3.05, 3.63) is 30.1 Å². The van der Waals surface area contributed by atoms with Crippen LogP contribution < -0.4 is 14.8 Å². The first-order chi connectivity index (χ1) is 11.8. The Morgan fingerprint density at radius 3 is 2.52 bits per heavy atom. The number of benzene rings is 1. The van der Waals surface area contributed by atoms with Crippen LogP contribution in [0.3, 0.4) is 0 Å². The predicted octanol–water partition coefficient (Wildman–Crippen LogP) is 2.88. The zero-order chi connectivity index (χ0) is 16.8. The van der Waals surface area contributed by atoms with Gasteiger partial charge in [-0.3, -0.25) is 0 Å². The van der Waals surface area contributed by atoms with E-state index in [1.165, 1.54) is 0 Å². The van der Waals surface area contributed by atoms with E-state index >= 15 is 0 Å². The first-order valence-corrected chi connectivity index (χ1v) is 9.26. The lowest BCUT2D eigenvalue weighted by Gasteiger charge is -2.21. The van der Waals surface area contributed by atoms with Crippen LogP contribution in [0.25, 0.3) is 0 Å². The minimum atomic E-state index is 0. The average Bonchev–Trinajstić information content (AvgIpc) is 3.00. The summed E-state index contributed by atoms with van der Waals surface area (Å²) in [5.74, 6) is 4.15. The Labute approximate surface area is 159 Å². The van der Waals surface area contributed by atoms with Gasteiger partial charge < -0.3 is 19.4 Å². The van der Waals surface area contributed by atoms with Crippen molar-refractivity contribution < 1.29 is 9.47 Å². The van der Waals surface area contributed by atoms with Crippen molar-refractivity contribution in [1.82, 2.24) is 20.1 Å². The van der Waals surface area contributed by atoms with E-state index in [1.807, 2.05) is 24.3 Å². The number of thioether (sulfide) groups is 1. The van der Waals surface area contributed by atoms with E-state index in [9.17, 15) is 0 Å². The van der Waals surface area contributed by atoms with Gasteiger partial charge in [-0.15, -0.1) is 22.6 Å². The second kappa shape index (κ2) is 9.89. The Bertz CT molecular complexity index is 645. The van der Waals surface area contributed by atoms with Crippen molar-refractivity contribution in [2.45, 2.75) is 23.9 Å². The second-order valence-corrected chi connectivity index (χ2v) is 6.86. The fraction of sp³-hybridized carbons (Fsp3) is 0.529. The minimum Gasteiger partial charge on any atom is -0.497 e. The summed E-state index contributed by atoms with van der Waals surface area (Å²) in [5.41, 5.74) is 0. The molecule has 0 aliphatic carbocycles. The van der Waals surface area contributed by atoms with Gasteiger partial charge >= 0.3 is 0 Å². The summed E-state index contributed by atoms with van der Waals surface area (Å²) in [6.07, 6.45) is 2.27. The molecule has 8 heteroatoms. The average molecular weight is 385 g/mol. The highest BCUT2D eigenvalue weighted by atomic mass is 35.5. The Balaban J connectivity index is 0.00000225. The highest BCUT2D eigenvalue weighted by molar-refractivity contribution is 7.99. The van der Waals surface area contributed by atoms with E-state index in [4.69, 9.17) is 9.47 Å². The molecule has 1 aromatic carbocycles. The van der Waals surface area contributed by atoms with E-state index in [0.29, 0.717) is 12.5 Å². The zero-order valence-electron chi connectivity index (χ0n) is 14.6. The van der Waals surface area contributed by atoms with Crippen LogP contribution in [-0.2, 0) is 7.05 Å². The van der Waals surface area contributed by atoms with Crippen LogP contribution in [-0.4, -0.2) is 47.3 Å². The number of piperidine rings is 1. The second-order valence-electron chi connectivity index (χ2n) is 5.80. The summed E-state index contributed by atoms with van der Waals surface area (Å²) < 4.78 is 13.0. The lowest BCUT2D eigenvalue weighted by molar-refractivity contribution is 0.342. The Hall–Kier alpha value is -1.44. The molecule has 1 N–H and O–H groups in total. The molecule has 1 aromatic heterocycles. The van der Waals surface area contributed by atoms with Gasteiger partial charge in [-0.2, -0.15) is 0 Å². The first kappa shape index (κ1) is 19.9. The molecule has 25 heavy (non-hydrogen) atoms. The van der Waals surface area contributed by atoms with Gasteiger partial charge in [-0.05, 0) is 50.2 Å². The third-order valence-corrected chi connectivity index (χ3v) is 5.20. The number of hydrogen-bond acceptors (Lipinski definition) is 6. The largest absolute Gasteiger partial charge is 0.497 e. The van der Waals surface area contributed by atoms with Crippen molar-refractivity contribution in [2.24, 2.45) is 7.05 Å². The lowest BCUT2D eigenvalue weighted by atomic mass is 9.97. The van der Waals surface area contributed by atoms with Gasteiger partial charge in [0.25, 0.3) is 0 Å².